The summed E-state index contributed by atoms with van der Waals surface area (Å²) >= 11 is 1.55. The van der Waals surface area contributed by atoms with E-state index < -0.39 is 0 Å². The molecule has 0 aliphatic rings. The third kappa shape index (κ3) is 4.83. The number of hydrogen-bond acceptors (Lipinski definition) is 4. The summed E-state index contributed by atoms with van der Waals surface area (Å²) in [5.74, 6) is 0.0507. The number of aromatic nitrogens is 1. The minimum Gasteiger partial charge on any atom is -0.354 e. The van der Waals surface area contributed by atoms with Gasteiger partial charge in [0.25, 0.3) is 0 Å². The number of hydrogen-bond donors (Lipinski definition) is 2. The first-order chi connectivity index (χ1) is 8.09. The summed E-state index contributed by atoms with van der Waals surface area (Å²) in [6.07, 6.45) is 2.92. The van der Waals surface area contributed by atoms with Gasteiger partial charge in [0.2, 0.25) is 5.91 Å². The highest BCUT2D eigenvalue weighted by molar-refractivity contribution is 7.07. The fourth-order valence-corrected chi connectivity index (χ4v) is 2.06. The number of amides is 1. The SMILES string of the molecule is CCC(N)(CC)CNC(=O)CCc1cscn1. The van der Waals surface area contributed by atoms with Crippen molar-refractivity contribution in [2.45, 2.75) is 45.1 Å². The molecule has 1 rings (SSSR count). The largest absolute Gasteiger partial charge is 0.354 e. The highest BCUT2D eigenvalue weighted by Gasteiger charge is 2.20. The molecule has 1 aromatic rings. The zero-order valence-corrected chi connectivity index (χ0v) is 11.3. The monoisotopic (exact) mass is 255 g/mol. The molecule has 3 N–H and O–H groups in total. The average molecular weight is 255 g/mol. The van der Waals surface area contributed by atoms with Crippen LogP contribution in [0.5, 0.6) is 0 Å². The van der Waals surface area contributed by atoms with Gasteiger partial charge in [-0.15, -0.1) is 11.3 Å². The van der Waals surface area contributed by atoms with Crippen molar-refractivity contribution >= 4 is 17.2 Å². The molecule has 0 aliphatic heterocycles. The van der Waals surface area contributed by atoms with Crippen molar-refractivity contribution in [2.24, 2.45) is 5.73 Å². The van der Waals surface area contributed by atoms with E-state index in [4.69, 9.17) is 5.73 Å². The Morgan fingerprint density at radius 3 is 2.76 bits per heavy atom. The Labute approximate surface area is 107 Å². The summed E-state index contributed by atoms with van der Waals surface area (Å²) in [6.45, 7) is 4.64. The molecule has 1 heterocycles. The van der Waals surface area contributed by atoms with Crippen molar-refractivity contribution in [2.75, 3.05) is 6.54 Å². The molecule has 17 heavy (non-hydrogen) atoms. The number of nitrogens with one attached hydrogen (secondary N) is 1. The van der Waals surface area contributed by atoms with Crippen LogP contribution in [0, 0.1) is 0 Å². The lowest BCUT2D eigenvalue weighted by Gasteiger charge is -2.26. The number of rotatable bonds is 7. The lowest BCUT2D eigenvalue weighted by atomic mass is 9.94. The molecule has 0 saturated carbocycles. The molecule has 0 fully saturated rings. The highest BCUT2D eigenvalue weighted by Crippen LogP contribution is 2.09. The summed E-state index contributed by atoms with van der Waals surface area (Å²) in [5.41, 5.74) is 8.61. The quantitative estimate of drug-likeness (QED) is 0.779. The predicted octanol–water partition coefficient (Wildman–Crippen LogP) is 1.71. The molecule has 0 radical (unpaired) electrons. The Hall–Kier alpha value is -0.940. The Bertz CT molecular complexity index is 334. The van der Waals surface area contributed by atoms with Crippen LogP contribution in [0.1, 0.15) is 38.8 Å². The lowest BCUT2D eigenvalue weighted by Crippen LogP contribution is -2.49. The van der Waals surface area contributed by atoms with E-state index in [1.54, 1.807) is 16.8 Å². The van der Waals surface area contributed by atoms with Gasteiger partial charge in [0, 0.05) is 23.9 Å². The Balaban J connectivity index is 2.26. The number of nitrogens with zero attached hydrogens (tertiary/aromatic N) is 1. The van der Waals surface area contributed by atoms with Crippen molar-refractivity contribution in [3.05, 3.63) is 16.6 Å². The van der Waals surface area contributed by atoms with Gasteiger partial charge in [0.15, 0.2) is 0 Å². The molecule has 0 bridgehead atoms. The highest BCUT2D eigenvalue weighted by atomic mass is 32.1. The first-order valence-electron chi connectivity index (χ1n) is 6.02. The molecule has 1 amide bonds. The summed E-state index contributed by atoms with van der Waals surface area (Å²) in [4.78, 5) is 15.8. The molecular weight excluding hydrogens is 234 g/mol. The summed E-state index contributed by atoms with van der Waals surface area (Å²) in [6, 6.07) is 0. The van der Waals surface area contributed by atoms with Gasteiger partial charge in [-0.3, -0.25) is 4.79 Å². The fraction of sp³-hybridized carbons (Fsp3) is 0.667. The van der Waals surface area contributed by atoms with Crippen molar-refractivity contribution in [1.29, 1.82) is 0 Å². The van der Waals surface area contributed by atoms with E-state index in [0.717, 1.165) is 18.5 Å². The van der Waals surface area contributed by atoms with Crippen LogP contribution >= 0.6 is 11.3 Å². The fourth-order valence-electron chi connectivity index (χ4n) is 1.47. The molecular formula is C12H21N3OS. The van der Waals surface area contributed by atoms with Gasteiger partial charge in [0.05, 0.1) is 11.2 Å². The molecule has 0 unspecified atom stereocenters. The predicted molar refractivity (Wildman–Crippen MR) is 70.9 cm³/mol. The van der Waals surface area contributed by atoms with E-state index in [2.05, 4.69) is 10.3 Å². The zero-order valence-electron chi connectivity index (χ0n) is 10.5. The minimum absolute atomic E-state index is 0.0507. The number of aryl methyl sites for hydroxylation is 1. The average Bonchev–Trinajstić information content (AvgIpc) is 2.86. The zero-order chi connectivity index (χ0) is 12.7. The van der Waals surface area contributed by atoms with E-state index in [9.17, 15) is 4.79 Å². The van der Waals surface area contributed by atoms with Crippen molar-refractivity contribution in [3.8, 4) is 0 Å². The molecule has 1 aromatic heterocycles. The Kier molecular flexibility index (Phi) is 5.58. The molecule has 0 aliphatic carbocycles. The van der Waals surface area contributed by atoms with Crippen LogP contribution in [0.3, 0.4) is 0 Å². The van der Waals surface area contributed by atoms with Crippen molar-refractivity contribution in [3.63, 3.8) is 0 Å². The molecule has 0 saturated heterocycles. The van der Waals surface area contributed by atoms with Crippen LogP contribution in [-0.4, -0.2) is 23.0 Å². The van der Waals surface area contributed by atoms with Gasteiger partial charge in [-0.1, -0.05) is 13.8 Å². The van der Waals surface area contributed by atoms with Crippen LogP contribution in [0.15, 0.2) is 10.9 Å². The van der Waals surface area contributed by atoms with Gasteiger partial charge < -0.3 is 11.1 Å². The standard InChI is InChI=1S/C12H21N3OS/c1-3-12(13,4-2)8-14-11(16)6-5-10-7-17-9-15-10/h7,9H,3-6,8,13H2,1-2H3,(H,14,16). The van der Waals surface area contributed by atoms with E-state index in [1.807, 2.05) is 19.2 Å². The van der Waals surface area contributed by atoms with E-state index >= 15 is 0 Å². The van der Waals surface area contributed by atoms with Crippen molar-refractivity contribution in [1.82, 2.24) is 10.3 Å². The molecule has 0 atom stereocenters. The first kappa shape index (κ1) is 14.1. The van der Waals surface area contributed by atoms with E-state index in [0.29, 0.717) is 19.4 Å². The number of thiazole rings is 1. The van der Waals surface area contributed by atoms with Crippen LogP contribution in [-0.2, 0) is 11.2 Å². The third-order valence-corrected chi connectivity index (χ3v) is 3.77. The molecule has 96 valence electrons. The van der Waals surface area contributed by atoms with Gasteiger partial charge in [-0.25, -0.2) is 4.98 Å². The maximum Gasteiger partial charge on any atom is 0.220 e. The number of nitrogens with two attached hydrogens (primary N) is 1. The van der Waals surface area contributed by atoms with Crippen LogP contribution in [0.2, 0.25) is 0 Å². The normalized spacial score (nSPS) is 11.5. The molecule has 0 aromatic carbocycles. The maximum absolute atomic E-state index is 11.6. The maximum atomic E-state index is 11.6. The molecule has 5 heteroatoms. The van der Waals surface area contributed by atoms with E-state index in [-0.39, 0.29) is 11.4 Å². The van der Waals surface area contributed by atoms with Gasteiger partial charge >= 0.3 is 0 Å². The van der Waals surface area contributed by atoms with Crippen molar-refractivity contribution < 1.29 is 4.79 Å². The third-order valence-electron chi connectivity index (χ3n) is 3.14. The molecule has 0 spiro atoms. The number of carbonyl (C=O) groups excluding carboxylic acids is 1. The summed E-state index contributed by atoms with van der Waals surface area (Å²) < 4.78 is 0. The van der Waals surface area contributed by atoms with Gasteiger partial charge in [0.1, 0.15) is 0 Å². The van der Waals surface area contributed by atoms with Crippen LogP contribution in [0.4, 0.5) is 0 Å². The lowest BCUT2D eigenvalue weighted by molar-refractivity contribution is -0.121. The van der Waals surface area contributed by atoms with Gasteiger partial charge in [-0.05, 0) is 19.3 Å². The Morgan fingerprint density at radius 1 is 1.53 bits per heavy atom. The number of carbonyl (C=O) groups is 1. The minimum atomic E-state index is -0.268. The second-order valence-electron chi connectivity index (χ2n) is 4.33. The summed E-state index contributed by atoms with van der Waals surface area (Å²) in [7, 11) is 0. The first-order valence-corrected chi connectivity index (χ1v) is 6.96. The van der Waals surface area contributed by atoms with Crippen LogP contribution in [0.25, 0.3) is 0 Å². The molecule has 4 nitrogen and oxygen atoms in total. The Morgan fingerprint density at radius 2 is 2.24 bits per heavy atom. The topological polar surface area (TPSA) is 68.0 Å². The van der Waals surface area contributed by atoms with Gasteiger partial charge in [-0.2, -0.15) is 0 Å². The second kappa shape index (κ2) is 6.71. The summed E-state index contributed by atoms with van der Waals surface area (Å²) in [5, 5.41) is 4.87. The smallest absolute Gasteiger partial charge is 0.220 e. The second-order valence-corrected chi connectivity index (χ2v) is 5.04. The van der Waals surface area contributed by atoms with Crippen LogP contribution < -0.4 is 11.1 Å². The van der Waals surface area contributed by atoms with E-state index in [1.165, 1.54) is 0 Å².